The van der Waals surface area contributed by atoms with E-state index in [9.17, 15) is 9.59 Å². The lowest BCUT2D eigenvalue weighted by molar-refractivity contribution is -0.159. The molecular formula is C23H27N5O6. The molecule has 2 saturated heterocycles. The molecular weight excluding hydrogens is 442 g/mol. The average molecular weight is 469 g/mol. The number of carbonyl (C=O) groups excluding carboxylic acids is 2. The Labute approximate surface area is 196 Å². The summed E-state index contributed by atoms with van der Waals surface area (Å²) in [6.45, 7) is 6.50. The van der Waals surface area contributed by atoms with Gasteiger partial charge in [0.2, 0.25) is 5.91 Å². The zero-order valence-corrected chi connectivity index (χ0v) is 19.1. The summed E-state index contributed by atoms with van der Waals surface area (Å²) in [5.74, 6) is -3.47. The lowest BCUT2D eigenvalue weighted by atomic mass is 9.77. The largest absolute Gasteiger partial charge is 0.473 e. The number of carbonyl (C=O) groups is 4. The Balaban J connectivity index is 0.000000481. The molecule has 0 saturated carbocycles. The molecule has 2 aromatic rings. The van der Waals surface area contributed by atoms with E-state index < -0.39 is 11.9 Å². The molecule has 0 aromatic carbocycles. The lowest BCUT2D eigenvalue weighted by Gasteiger charge is -2.38. The quantitative estimate of drug-likeness (QED) is 0.633. The number of nitrogens with zero attached hydrogens (tertiary/aromatic N) is 5. The van der Waals surface area contributed by atoms with Gasteiger partial charge in [0.15, 0.2) is 0 Å². The van der Waals surface area contributed by atoms with Crippen LogP contribution < -0.4 is 0 Å². The van der Waals surface area contributed by atoms with Crippen molar-refractivity contribution >= 4 is 23.8 Å². The molecule has 2 aliphatic rings. The van der Waals surface area contributed by atoms with Gasteiger partial charge < -0.3 is 20.0 Å². The van der Waals surface area contributed by atoms with Crippen LogP contribution in [0.1, 0.15) is 46.6 Å². The van der Waals surface area contributed by atoms with Gasteiger partial charge in [0.05, 0.1) is 0 Å². The summed E-state index contributed by atoms with van der Waals surface area (Å²) in [6, 6.07) is 3.90. The summed E-state index contributed by atoms with van der Waals surface area (Å²) < 4.78 is 0. The summed E-state index contributed by atoms with van der Waals surface area (Å²) in [6.07, 6.45) is 7.24. The first-order valence-electron chi connectivity index (χ1n) is 10.8. The van der Waals surface area contributed by atoms with E-state index in [4.69, 9.17) is 19.8 Å². The first-order valence-corrected chi connectivity index (χ1v) is 10.8. The van der Waals surface area contributed by atoms with Crippen LogP contribution in [-0.4, -0.2) is 78.4 Å². The molecule has 180 valence electrons. The number of aromatic nitrogens is 3. The van der Waals surface area contributed by atoms with Crippen LogP contribution in [0, 0.1) is 19.3 Å². The van der Waals surface area contributed by atoms with Crippen molar-refractivity contribution in [3.8, 4) is 0 Å². The molecule has 2 fully saturated rings. The SMILES string of the molecule is Cc1ncnc(C(=O)N2CCC3(CC2)CC(=O)N(Cc2ccncc2)C3)c1C.O=C(O)C(=O)O. The highest BCUT2D eigenvalue weighted by Gasteiger charge is 2.45. The minimum Gasteiger partial charge on any atom is -0.473 e. The van der Waals surface area contributed by atoms with Crippen molar-refractivity contribution in [2.75, 3.05) is 19.6 Å². The highest BCUT2D eigenvalue weighted by atomic mass is 16.4. The number of amides is 2. The number of likely N-dealkylation sites (tertiary alicyclic amines) is 2. The fourth-order valence-corrected chi connectivity index (χ4v) is 4.26. The Morgan fingerprint density at radius 1 is 1.03 bits per heavy atom. The monoisotopic (exact) mass is 469 g/mol. The highest BCUT2D eigenvalue weighted by molar-refractivity contribution is 6.27. The minimum absolute atomic E-state index is 0.0163. The van der Waals surface area contributed by atoms with Gasteiger partial charge >= 0.3 is 11.9 Å². The highest BCUT2D eigenvalue weighted by Crippen LogP contribution is 2.41. The second kappa shape index (κ2) is 10.4. The standard InChI is InChI=1S/C21H25N5O2.C2H2O4/c1-15-16(2)23-14-24-19(15)20(28)25-9-5-21(6-10-25)11-18(27)26(13-21)12-17-3-7-22-8-4-17;3-1(4)2(5)6/h3-4,7-8,14H,5-6,9-13H2,1-2H3;(H,3,4)(H,5,6). The van der Waals surface area contributed by atoms with E-state index >= 15 is 0 Å². The molecule has 2 amide bonds. The summed E-state index contributed by atoms with van der Waals surface area (Å²) in [7, 11) is 0. The van der Waals surface area contributed by atoms with Crippen LogP contribution in [0.3, 0.4) is 0 Å². The van der Waals surface area contributed by atoms with Crippen LogP contribution in [0.5, 0.6) is 0 Å². The van der Waals surface area contributed by atoms with E-state index in [0.717, 1.165) is 36.2 Å². The number of hydrogen-bond acceptors (Lipinski definition) is 7. The molecule has 0 aliphatic carbocycles. The number of carboxylic acid groups (broad SMARTS) is 2. The number of aliphatic carboxylic acids is 2. The zero-order valence-electron chi connectivity index (χ0n) is 19.1. The molecule has 11 heteroatoms. The number of aryl methyl sites for hydroxylation is 1. The maximum Gasteiger partial charge on any atom is 0.414 e. The number of pyridine rings is 1. The normalized spacial score (nSPS) is 16.7. The van der Waals surface area contributed by atoms with Gasteiger partial charge in [0.25, 0.3) is 5.91 Å². The molecule has 2 aromatic heterocycles. The Hall–Kier alpha value is -3.89. The fraction of sp³-hybridized carbons (Fsp3) is 0.435. The van der Waals surface area contributed by atoms with E-state index in [-0.39, 0.29) is 17.2 Å². The van der Waals surface area contributed by atoms with Gasteiger partial charge in [-0.1, -0.05) is 0 Å². The van der Waals surface area contributed by atoms with Crippen LogP contribution in [-0.2, 0) is 20.9 Å². The first-order chi connectivity index (χ1) is 16.1. The molecule has 11 nitrogen and oxygen atoms in total. The maximum atomic E-state index is 12.9. The molecule has 2 aliphatic heterocycles. The van der Waals surface area contributed by atoms with Crippen molar-refractivity contribution < 1.29 is 29.4 Å². The van der Waals surface area contributed by atoms with Crippen LogP contribution in [0.4, 0.5) is 0 Å². The summed E-state index contributed by atoms with van der Waals surface area (Å²) in [4.78, 5) is 59.9. The molecule has 34 heavy (non-hydrogen) atoms. The van der Waals surface area contributed by atoms with Gasteiger partial charge in [-0.05, 0) is 44.4 Å². The van der Waals surface area contributed by atoms with Gasteiger partial charge in [-0.25, -0.2) is 19.6 Å². The first kappa shape index (κ1) is 24.7. The molecule has 0 radical (unpaired) electrons. The number of rotatable bonds is 3. The topological polar surface area (TPSA) is 154 Å². The van der Waals surface area contributed by atoms with Crippen molar-refractivity contribution in [2.24, 2.45) is 5.41 Å². The third-order valence-corrected chi connectivity index (χ3v) is 6.36. The predicted molar refractivity (Wildman–Crippen MR) is 119 cm³/mol. The molecule has 1 spiro atoms. The smallest absolute Gasteiger partial charge is 0.414 e. The average Bonchev–Trinajstić information content (AvgIpc) is 3.11. The Morgan fingerprint density at radius 3 is 2.24 bits per heavy atom. The second-order valence-electron chi connectivity index (χ2n) is 8.62. The van der Waals surface area contributed by atoms with Crippen molar-refractivity contribution in [3.63, 3.8) is 0 Å². The minimum atomic E-state index is -1.82. The molecule has 4 heterocycles. The Morgan fingerprint density at radius 2 is 1.65 bits per heavy atom. The zero-order chi connectivity index (χ0) is 24.9. The van der Waals surface area contributed by atoms with E-state index in [1.54, 1.807) is 12.4 Å². The molecule has 4 rings (SSSR count). The maximum absolute atomic E-state index is 12.9. The van der Waals surface area contributed by atoms with Crippen molar-refractivity contribution in [3.05, 3.63) is 53.4 Å². The van der Waals surface area contributed by atoms with Crippen molar-refractivity contribution in [1.82, 2.24) is 24.8 Å². The van der Waals surface area contributed by atoms with Crippen LogP contribution in [0.2, 0.25) is 0 Å². The third kappa shape index (κ3) is 5.72. The predicted octanol–water partition coefficient (Wildman–Crippen LogP) is 1.30. The Bertz CT molecular complexity index is 1070. The van der Waals surface area contributed by atoms with Gasteiger partial charge in [-0.3, -0.25) is 14.6 Å². The van der Waals surface area contributed by atoms with E-state index in [0.29, 0.717) is 31.7 Å². The van der Waals surface area contributed by atoms with E-state index in [1.165, 1.54) is 6.33 Å². The van der Waals surface area contributed by atoms with Gasteiger partial charge in [0.1, 0.15) is 12.0 Å². The molecule has 0 bridgehead atoms. The Kier molecular flexibility index (Phi) is 7.54. The summed E-state index contributed by atoms with van der Waals surface area (Å²) in [5.41, 5.74) is 3.25. The van der Waals surface area contributed by atoms with Gasteiger partial charge in [-0.2, -0.15) is 0 Å². The van der Waals surface area contributed by atoms with Gasteiger partial charge in [-0.15, -0.1) is 0 Å². The lowest BCUT2D eigenvalue weighted by Crippen LogP contribution is -2.44. The molecule has 0 unspecified atom stereocenters. The molecule has 0 atom stereocenters. The van der Waals surface area contributed by atoms with Gasteiger partial charge in [0, 0.05) is 61.7 Å². The van der Waals surface area contributed by atoms with Crippen LogP contribution >= 0.6 is 0 Å². The second-order valence-corrected chi connectivity index (χ2v) is 8.62. The molecule has 2 N–H and O–H groups in total. The van der Waals surface area contributed by atoms with Crippen molar-refractivity contribution in [2.45, 2.75) is 39.7 Å². The number of carboxylic acids is 2. The number of hydrogen-bond donors (Lipinski definition) is 2. The number of piperidine rings is 1. The van der Waals surface area contributed by atoms with E-state index in [2.05, 4.69) is 15.0 Å². The summed E-state index contributed by atoms with van der Waals surface area (Å²) in [5, 5.41) is 14.8. The third-order valence-electron chi connectivity index (χ3n) is 6.36. The van der Waals surface area contributed by atoms with Crippen LogP contribution in [0.15, 0.2) is 30.9 Å². The fourth-order valence-electron chi connectivity index (χ4n) is 4.26. The van der Waals surface area contributed by atoms with Crippen molar-refractivity contribution in [1.29, 1.82) is 0 Å². The van der Waals surface area contributed by atoms with Crippen LogP contribution in [0.25, 0.3) is 0 Å². The summed E-state index contributed by atoms with van der Waals surface area (Å²) >= 11 is 0. The van der Waals surface area contributed by atoms with E-state index in [1.807, 2.05) is 35.8 Å².